The minimum atomic E-state index is -3.27. The number of halogens is 1. The first-order chi connectivity index (χ1) is 6.92. The molecule has 15 heavy (non-hydrogen) atoms. The number of sulfonamides is 1. The first kappa shape index (κ1) is 12.4. The van der Waals surface area contributed by atoms with E-state index in [-0.39, 0.29) is 0 Å². The predicted octanol–water partition coefficient (Wildman–Crippen LogP) is 2.31. The third-order valence-electron chi connectivity index (χ3n) is 1.81. The molecule has 0 unspecified atom stereocenters. The molecule has 1 rings (SSSR count). The summed E-state index contributed by atoms with van der Waals surface area (Å²) in [7, 11) is -0.263. The molecule has 0 bridgehead atoms. The van der Waals surface area contributed by atoms with Crippen molar-refractivity contribution in [3.8, 4) is 0 Å². The number of benzene rings is 1. The van der Waals surface area contributed by atoms with Gasteiger partial charge in [0.2, 0.25) is 10.0 Å². The molecule has 0 spiro atoms. The summed E-state index contributed by atoms with van der Waals surface area (Å²) >= 11 is 3.31. The summed E-state index contributed by atoms with van der Waals surface area (Å²) in [5.74, 6) is 0. The van der Waals surface area contributed by atoms with E-state index in [1.807, 2.05) is 24.3 Å². The minimum absolute atomic E-state index is 0.851. The molecule has 0 N–H and O–H groups in total. The van der Waals surface area contributed by atoms with Crippen molar-refractivity contribution in [2.45, 2.75) is 0 Å². The molecule has 0 atom stereocenters. The minimum Gasteiger partial charge on any atom is -0.208 e. The van der Waals surface area contributed by atoms with Gasteiger partial charge in [-0.1, -0.05) is 28.1 Å². The molecule has 82 valence electrons. The summed E-state index contributed by atoms with van der Waals surface area (Å²) in [6.45, 7) is 0. The lowest BCUT2D eigenvalue weighted by atomic mass is 10.2. The summed E-state index contributed by atoms with van der Waals surface area (Å²) in [5, 5.41) is 1.19. The maximum absolute atomic E-state index is 11.4. The van der Waals surface area contributed by atoms with Crippen LogP contribution in [-0.2, 0) is 10.0 Å². The summed E-state index contributed by atoms with van der Waals surface area (Å²) in [5.41, 5.74) is 0.851. The van der Waals surface area contributed by atoms with Gasteiger partial charge in [-0.05, 0) is 23.8 Å². The van der Waals surface area contributed by atoms with Gasteiger partial charge in [-0.25, -0.2) is 12.7 Å². The highest BCUT2D eigenvalue weighted by atomic mass is 79.9. The lowest BCUT2D eigenvalue weighted by molar-refractivity contribution is 0.531. The van der Waals surface area contributed by atoms with Gasteiger partial charge in [0.05, 0.1) is 0 Å². The van der Waals surface area contributed by atoms with E-state index < -0.39 is 10.0 Å². The molecular weight excluding hydrogens is 278 g/mol. The fourth-order valence-electron chi connectivity index (χ4n) is 0.860. The van der Waals surface area contributed by atoms with E-state index in [0.717, 1.165) is 10.0 Å². The zero-order valence-electron chi connectivity index (χ0n) is 8.51. The van der Waals surface area contributed by atoms with Crippen LogP contribution in [0.15, 0.2) is 34.1 Å². The van der Waals surface area contributed by atoms with E-state index in [2.05, 4.69) is 15.9 Å². The van der Waals surface area contributed by atoms with Gasteiger partial charge in [0, 0.05) is 24.0 Å². The highest BCUT2D eigenvalue weighted by Gasteiger charge is 2.07. The Morgan fingerprint density at radius 2 is 1.73 bits per heavy atom. The van der Waals surface area contributed by atoms with Gasteiger partial charge in [0.1, 0.15) is 0 Å². The Kier molecular flexibility index (Phi) is 4.07. The molecule has 5 heteroatoms. The second kappa shape index (κ2) is 4.92. The number of hydrogen-bond acceptors (Lipinski definition) is 2. The van der Waals surface area contributed by atoms with Crippen molar-refractivity contribution in [3.63, 3.8) is 0 Å². The normalized spacial score (nSPS) is 12.5. The predicted molar refractivity (Wildman–Crippen MR) is 65.8 cm³/mol. The van der Waals surface area contributed by atoms with E-state index in [0.29, 0.717) is 0 Å². The highest BCUT2D eigenvalue weighted by Crippen LogP contribution is 2.12. The Morgan fingerprint density at radius 3 is 2.20 bits per heavy atom. The van der Waals surface area contributed by atoms with Crippen molar-refractivity contribution in [1.29, 1.82) is 0 Å². The first-order valence-electron chi connectivity index (χ1n) is 4.28. The van der Waals surface area contributed by atoms with Gasteiger partial charge in [-0.2, -0.15) is 0 Å². The third-order valence-corrected chi connectivity index (χ3v) is 3.84. The number of hydrogen-bond donors (Lipinski definition) is 0. The average Bonchev–Trinajstić information content (AvgIpc) is 2.17. The van der Waals surface area contributed by atoms with E-state index >= 15 is 0 Å². The lowest BCUT2D eigenvalue weighted by Gasteiger charge is -2.05. The van der Waals surface area contributed by atoms with Gasteiger partial charge in [0.15, 0.2) is 0 Å². The largest absolute Gasteiger partial charge is 0.235 e. The Labute approximate surface area is 98.6 Å². The van der Waals surface area contributed by atoms with Crippen LogP contribution in [0, 0.1) is 0 Å². The van der Waals surface area contributed by atoms with Crippen LogP contribution in [0.1, 0.15) is 5.56 Å². The van der Waals surface area contributed by atoms with E-state index in [1.165, 1.54) is 23.8 Å². The van der Waals surface area contributed by atoms with Crippen molar-refractivity contribution < 1.29 is 8.42 Å². The molecule has 0 saturated carbocycles. The summed E-state index contributed by atoms with van der Waals surface area (Å²) < 4.78 is 24.9. The first-order valence-corrected chi connectivity index (χ1v) is 6.57. The quantitative estimate of drug-likeness (QED) is 0.856. The smallest absolute Gasteiger partial charge is 0.208 e. The van der Waals surface area contributed by atoms with Gasteiger partial charge in [0.25, 0.3) is 0 Å². The second-order valence-corrected chi connectivity index (χ2v) is 6.13. The molecule has 0 radical (unpaired) electrons. The summed E-state index contributed by atoms with van der Waals surface area (Å²) in [6, 6.07) is 7.40. The Morgan fingerprint density at radius 1 is 1.20 bits per heavy atom. The molecule has 1 aromatic rings. The summed E-state index contributed by atoms with van der Waals surface area (Å²) in [6.07, 6.45) is 1.57. The maximum Gasteiger partial charge on any atom is 0.235 e. The topological polar surface area (TPSA) is 37.4 Å². The van der Waals surface area contributed by atoms with Gasteiger partial charge in [-0.15, -0.1) is 0 Å². The Balaban J connectivity index is 2.87. The average molecular weight is 290 g/mol. The van der Waals surface area contributed by atoms with Crippen molar-refractivity contribution in [2.75, 3.05) is 14.1 Å². The molecule has 0 aliphatic heterocycles. The standard InChI is InChI=1S/C10H12BrNO2S/c1-12(2)15(13,14)8-7-9-3-5-10(11)6-4-9/h3-8H,1-2H3/b8-7+. The second-order valence-electron chi connectivity index (χ2n) is 3.18. The molecule has 0 heterocycles. The van der Waals surface area contributed by atoms with Crippen LogP contribution in [0.2, 0.25) is 0 Å². The Hall–Kier alpha value is -0.650. The van der Waals surface area contributed by atoms with Crippen LogP contribution in [0.5, 0.6) is 0 Å². The fraction of sp³-hybridized carbons (Fsp3) is 0.200. The molecule has 1 aromatic carbocycles. The Bertz CT molecular complexity index is 449. The van der Waals surface area contributed by atoms with Gasteiger partial charge < -0.3 is 0 Å². The van der Waals surface area contributed by atoms with Crippen molar-refractivity contribution >= 4 is 32.0 Å². The van der Waals surface area contributed by atoms with Crippen LogP contribution < -0.4 is 0 Å². The highest BCUT2D eigenvalue weighted by molar-refractivity contribution is 9.10. The molecule has 0 saturated heterocycles. The van der Waals surface area contributed by atoms with Crippen molar-refractivity contribution in [2.24, 2.45) is 0 Å². The van der Waals surface area contributed by atoms with Crippen molar-refractivity contribution in [3.05, 3.63) is 39.7 Å². The van der Waals surface area contributed by atoms with Crippen molar-refractivity contribution in [1.82, 2.24) is 4.31 Å². The van der Waals surface area contributed by atoms with Crippen LogP contribution in [-0.4, -0.2) is 26.8 Å². The number of nitrogens with zero attached hydrogens (tertiary/aromatic N) is 1. The molecule has 0 aliphatic carbocycles. The van der Waals surface area contributed by atoms with Gasteiger partial charge >= 0.3 is 0 Å². The zero-order valence-corrected chi connectivity index (χ0v) is 10.9. The third kappa shape index (κ3) is 3.77. The molecular formula is C10H12BrNO2S. The molecule has 3 nitrogen and oxygen atoms in total. The molecule has 0 aliphatic rings. The van der Waals surface area contributed by atoms with Gasteiger partial charge in [-0.3, -0.25) is 0 Å². The lowest BCUT2D eigenvalue weighted by Crippen LogP contribution is -2.19. The molecule has 0 amide bonds. The SMILES string of the molecule is CN(C)S(=O)(=O)/C=C/c1ccc(Br)cc1. The summed E-state index contributed by atoms with van der Waals surface area (Å²) in [4.78, 5) is 0. The monoisotopic (exact) mass is 289 g/mol. The molecule has 0 aromatic heterocycles. The van der Waals surface area contributed by atoms with E-state index in [4.69, 9.17) is 0 Å². The molecule has 0 fully saturated rings. The van der Waals surface area contributed by atoms with Crippen LogP contribution in [0.4, 0.5) is 0 Å². The van der Waals surface area contributed by atoms with Crippen LogP contribution in [0.3, 0.4) is 0 Å². The van der Waals surface area contributed by atoms with Crippen LogP contribution >= 0.6 is 15.9 Å². The van der Waals surface area contributed by atoms with E-state index in [1.54, 1.807) is 6.08 Å². The zero-order chi connectivity index (χ0) is 11.5. The van der Waals surface area contributed by atoms with E-state index in [9.17, 15) is 8.42 Å². The number of rotatable bonds is 3. The maximum atomic E-state index is 11.4. The van der Waals surface area contributed by atoms with Crippen LogP contribution in [0.25, 0.3) is 6.08 Å². The fourth-order valence-corrected chi connectivity index (χ4v) is 1.70.